The molecule has 106 valence electrons. The van der Waals surface area contributed by atoms with E-state index in [1.54, 1.807) is 0 Å². The van der Waals surface area contributed by atoms with Crippen LogP contribution in [0.2, 0.25) is 0 Å². The zero-order chi connectivity index (χ0) is 14.3. The first-order valence-electron chi connectivity index (χ1n) is 6.74. The van der Waals surface area contributed by atoms with Gasteiger partial charge in [0.15, 0.2) is 11.5 Å². The maximum Gasteiger partial charge on any atom is 0.303 e. The quantitative estimate of drug-likeness (QED) is 0.783. The Morgan fingerprint density at radius 3 is 2.42 bits per heavy atom. The zero-order valence-electron chi connectivity index (χ0n) is 11.8. The topological polar surface area (TPSA) is 55.8 Å². The fourth-order valence-corrected chi connectivity index (χ4v) is 2.11. The van der Waals surface area contributed by atoms with Crippen LogP contribution in [0.15, 0.2) is 18.2 Å². The summed E-state index contributed by atoms with van der Waals surface area (Å²) in [5, 5.41) is 9.00. The lowest BCUT2D eigenvalue weighted by Gasteiger charge is -2.20. The molecule has 0 heterocycles. The van der Waals surface area contributed by atoms with Crippen LogP contribution in [0.25, 0.3) is 0 Å². The lowest BCUT2D eigenvalue weighted by Crippen LogP contribution is -2.09. The highest BCUT2D eigenvalue weighted by Gasteiger charge is 2.20. The Morgan fingerprint density at radius 1 is 1.21 bits per heavy atom. The molecule has 0 aliphatic rings. The lowest BCUT2D eigenvalue weighted by atomic mass is 9.92. The third kappa shape index (κ3) is 4.16. The summed E-state index contributed by atoms with van der Waals surface area (Å²) in [5.74, 6) is 0.515. The van der Waals surface area contributed by atoms with Gasteiger partial charge in [-0.3, -0.25) is 4.79 Å². The average molecular weight is 266 g/mol. The number of carboxylic acid groups (broad SMARTS) is 1. The maximum atomic E-state index is 10.9. The third-order valence-corrected chi connectivity index (χ3v) is 2.95. The molecule has 4 nitrogen and oxygen atoms in total. The molecule has 0 saturated carbocycles. The van der Waals surface area contributed by atoms with Gasteiger partial charge in [-0.05, 0) is 32.3 Å². The van der Waals surface area contributed by atoms with Crippen molar-refractivity contribution in [2.45, 2.75) is 39.5 Å². The van der Waals surface area contributed by atoms with Gasteiger partial charge in [0.1, 0.15) is 0 Å². The van der Waals surface area contributed by atoms with Crippen LogP contribution in [-0.2, 0) is 4.79 Å². The van der Waals surface area contributed by atoms with Crippen molar-refractivity contribution >= 4 is 5.97 Å². The smallest absolute Gasteiger partial charge is 0.303 e. The van der Waals surface area contributed by atoms with Gasteiger partial charge in [0.25, 0.3) is 0 Å². The molecule has 1 rings (SSSR count). The van der Waals surface area contributed by atoms with Crippen molar-refractivity contribution in [3.05, 3.63) is 23.8 Å². The van der Waals surface area contributed by atoms with Crippen molar-refractivity contribution in [3.63, 3.8) is 0 Å². The van der Waals surface area contributed by atoms with E-state index >= 15 is 0 Å². The van der Waals surface area contributed by atoms with E-state index < -0.39 is 5.97 Å². The summed E-state index contributed by atoms with van der Waals surface area (Å²) in [6, 6.07) is 5.66. The Labute approximate surface area is 114 Å². The van der Waals surface area contributed by atoms with Crippen molar-refractivity contribution in [2.75, 3.05) is 13.2 Å². The van der Waals surface area contributed by atoms with E-state index in [-0.39, 0.29) is 12.3 Å². The zero-order valence-corrected chi connectivity index (χ0v) is 11.8. The molecule has 0 aliphatic heterocycles. The number of ether oxygens (including phenoxy) is 2. The normalized spacial score (nSPS) is 11.9. The highest BCUT2D eigenvalue weighted by Crippen LogP contribution is 2.38. The van der Waals surface area contributed by atoms with Crippen LogP contribution in [0.5, 0.6) is 11.5 Å². The molecule has 1 N–H and O–H groups in total. The summed E-state index contributed by atoms with van der Waals surface area (Å²) in [6.07, 6.45) is 0.855. The molecule has 1 unspecified atom stereocenters. The van der Waals surface area contributed by atoms with Gasteiger partial charge < -0.3 is 14.6 Å². The van der Waals surface area contributed by atoms with Crippen LogP contribution < -0.4 is 9.47 Å². The maximum absolute atomic E-state index is 10.9. The number of hydrogen-bond donors (Lipinski definition) is 1. The predicted molar refractivity (Wildman–Crippen MR) is 74.1 cm³/mol. The minimum atomic E-state index is -0.795. The SMILES string of the molecule is CCOc1cccc(C(CC)CC(=O)O)c1OCC. The number of carbonyl (C=O) groups is 1. The molecule has 1 aromatic carbocycles. The monoisotopic (exact) mass is 266 g/mol. The van der Waals surface area contributed by atoms with E-state index in [0.717, 1.165) is 12.0 Å². The molecule has 0 aliphatic carbocycles. The molecule has 1 aromatic rings. The molecule has 4 heteroatoms. The number of carboxylic acids is 1. The highest BCUT2D eigenvalue weighted by atomic mass is 16.5. The summed E-state index contributed by atoms with van der Waals surface area (Å²) < 4.78 is 11.2. The number of para-hydroxylation sites is 1. The van der Waals surface area contributed by atoms with Crippen molar-refractivity contribution in [2.24, 2.45) is 0 Å². The largest absolute Gasteiger partial charge is 0.490 e. The molecule has 0 spiro atoms. The van der Waals surface area contributed by atoms with Gasteiger partial charge in [0, 0.05) is 5.56 Å². The van der Waals surface area contributed by atoms with Gasteiger partial charge in [0.2, 0.25) is 0 Å². The first kappa shape index (κ1) is 15.3. The third-order valence-electron chi connectivity index (χ3n) is 2.95. The second-order valence-corrected chi connectivity index (χ2v) is 4.24. The van der Waals surface area contributed by atoms with Crippen LogP contribution >= 0.6 is 0 Å². The molecule has 1 atom stereocenters. The Kier molecular flexibility index (Phi) is 6.19. The number of hydrogen-bond acceptors (Lipinski definition) is 3. The van der Waals surface area contributed by atoms with Crippen LogP contribution in [-0.4, -0.2) is 24.3 Å². The molecule has 0 amide bonds. The van der Waals surface area contributed by atoms with E-state index in [0.29, 0.717) is 24.7 Å². The molecular weight excluding hydrogens is 244 g/mol. The fraction of sp³-hybridized carbons (Fsp3) is 0.533. The molecule has 0 bridgehead atoms. The summed E-state index contributed by atoms with van der Waals surface area (Å²) in [6.45, 7) is 6.89. The van der Waals surface area contributed by atoms with Crippen LogP contribution in [0.3, 0.4) is 0 Å². The summed E-state index contributed by atoms with van der Waals surface area (Å²) in [5.41, 5.74) is 0.915. The van der Waals surface area contributed by atoms with Gasteiger partial charge >= 0.3 is 5.97 Å². The molecule has 0 aromatic heterocycles. The molecular formula is C15H22O4. The highest BCUT2D eigenvalue weighted by molar-refractivity contribution is 5.68. The second kappa shape index (κ2) is 7.67. The number of benzene rings is 1. The minimum absolute atomic E-state index is 0.0561. The number of rotatable bonds is 8. The van der Waals surface area contributed by atoms with Crippen molar-refractivity contribution in [1.82, 2.24) is 0 Å². The first-order valence-corrected chi connectivity index (χ1v) is 6.74. The molecule has 0 fully saturated rings. The number of aliphatic carboxylic acids is 1. The van der Waals surface area contributed by atoms with Gasteiger partial charge in [0.05, 0.1) is 19.6 Å². The Bertz CT molecular complexity index is 415. The van der Waals surface area contributed by atoms with Crippen molar-refractivity contribution < 1.29 is 19.4 Å². The Morgan fingerprint density at radius 2 is 1.89 bits per heavy atom. The Hall–Kier alpha value is -1.71. The molecule has 0 radical (unpaired) electrons. The van der Waals surface area contributed by atoms with Crippen molar-refractivity contribution in [3.8, 4) is 11.5 Å². The van der Waals surface area contributed by atoms with Crippen LogP contribution in [0, 0.1) is 0 Å². The average Bonchev–Trinajstić information content (AvgIpc) is 2.38. The minimum Gasteiger partial charge on any atom is -0.490 e. The van der Waals surface area contributed by atoms with Gasteiger partial charge in [-0.25, -0.2) is 0 Å². The van der Waals surface area contributed by atoms with E-state index in [4.69, 9.17) is 14.6 Å². The molecule has 0 saturated heterocycles. The van der Waals surface area contributed by atoms with E-state index in [1.807, 2.05) is 39.0 Å². The van der Waals surface area contributed by atoms with E-state index in [2.05, 4.69) is 0 Å². The lowest BCUT2D eigenvalue weighted by molar-refractivity contribution is -0.137. The van der Waals surface area contributed by atoms with E-state index in [1.165, 1.54) is 0 Å². The van der Waals surface area contributed by atoms with Crippen molar-refractivity contribution in [1.29, 1.82) is 0 Å². The fourth-order valence-electron chi connectivity index (χ4n) is 2.11. The summed E-state index contributed by atoms with van der Waals surface area (Å²) >= 11 is 0. The predicted octanol–water partition coefficient (Wildman–Crippen LogP) is 3.45. The second-order valence-electron chi connectivity index (χ2n) is 4.24. The van der Waals surface area contributed by atoms with Crippen LogP contribution in [0.1, 0.15) is 45.1 Å². The van der Waals surface area contributed by atoms with Crippen LogP contribution in [0.4, 0.5) is 0 Å². The Balaban J connectivity index is 3.15. The molecule has 19 heavy (non-hydrogen) atoms. The standard InChI is InChI=1S/C15H22O4/c1-4-11(10-14(16)17)12-8-7-9-13(18-5-2)15(12)19-6-3/h7-9,11H,4-6,10H2,1-3H3,(H,16,17). The van der Waals surface area contributed by atoms with Gasteiger partial charge in [-0.1, -0.05) is 19.1 Å². The van der Waals surface area contributed by atoms with E-state index in [9.17, 15) is 4.79 Å². The van der Waals surface area contributed by atoms with Gasteiger partial charge in [-0.2, -0.15) is 0 Å². The first-order chi connectivity index (χ1) is 9.13. The summed E-state index contributed by atoms with van der Waals surface area (Å²) in [4.78, 5) is 10.9. The van der Waals surface area contributed by atoms with Gasteiger partial charge in [-0.15, -0.1) is 0 Å². The summed E-state index contributed by atoms with van der Waals surface area (Å²) in [7, 11) is 0.